The molecule has 7 heteroatoms. The zero-order valence-electron chi connectivity index (χ0n) is 11.3. The highest BCUT2D eigenvalue weighted by Gasteiger charge is 2.13. The molecule has 0 aliphatic carbocycles. The van der Waals surface area contributed by atoms with E-state index in [1.54, 1.807) is 12.1 Å². The van der Waals surface area contributed by atoms with Gasteiger partial charge in [0.2, 0.25) is 0 Å². The molecule has 0 aromatic heterocycles. The lowest BCUT2D eigenvalue weighted by Crippen LogP contribution is -2.24. The van der Waals surface area contributed by atoms with Gasteiger partial charge in [-0.3, -0.25) is 10.1 Å². The molecule has 6 nitrogen and oxygen atoms in total. The molecule has 2 aromatic rings. The number of nitrogens with zero attached hydrogens (tertiary/aromatic N) is 1. The van der Waals surface area contributed by atoms with Gasteiger partial charge in [0.15, 0.2) is 0 Å². The predicted octanol–water partition coefficient (Wildman–Crippen LogP) is 4.15. The molecule has 2 amide bonds. The van der Waals surface area contributed by atoms with Crippen molar-refractivity contribution in [3.63, 3.8) is 0 Å². The van der Waals surface area contributed by atoms with E-state index in [1.165, 1.54) is 24.4 Å². The zero-order chi connectivity index (χ0) is 15.9. The second-order valence-corrected chi connectivity index (χ2v) is 5.18. The maximum atomic E-state index is 11.7. The highest BCUT2D eigenvalue weighted by molar-refractivity contribution is 9.10. The summed E-state index contributed by atoms with van der Waals surface area (Å²) in [6, 6.07) is 12.9. The molecule has 0 atom stereocenters. The number of halogens is 1. The fourth-order valence-electron chi connectivity index (χ4n) is 1.72. The van der Waals surface area contributed by atoms with Crippen LogP contribution in [0.25, 0.3) is 6.08 Å². The first-order valence-corrected chi connectivity index (χ1v) is 7.08. The van der Waals surface area contributed by atoms with Crippen molar-refractivity contribution in [3.8, 4) is 0 Å². The van der Waals surface area contributed by atoms with E-state index in [0.29, 0.717) is 0 Å². The first kappa shape index (κ1) is 15.7. The van der Waals surface area contributed by atoms with Crippen LogP contribution in [0, 0.1) is 10.1 Å². The van der Waals surface area contributed by atoms with Gasteiger partial charge < -0.3 is 10.6 Å². The maximum absolute atomic E-state index is 11.7. The summed E-state index contributed by atoms with van der Waals surface area (Å²) < 4.78 is 0.930. The van der Waals surface area contributed by atoms with Gasteiger partial charge in [-0.05, 0) is 29.8 Å². The number of nitro groups is 1. The van der Waals surface area contributed by atoms with Crippen LogP contribution in [0.5, 0.6) is 0 Å². The van der Waals surface area contributed by atoms with Crippen LogP contribution in [-0.2, 0) is 0 Å². The van der Waals surface area contributed by atoms with Crippen molar-refractivity contribution < 1.29 is 9.72 Å². The van der Waals surface area contributed by atoms with Crippen LogP contribution >= 0.6 is 15.9 Å². The lowest BCUT2D eigenvalue weighted by Gasteiger charge is -2.05. The summed E-state index contributed by atoms with van der Waals surface area (Å²) >= 11 is 3.35. The average Bonchev–Trinajstić information content (AvgIpc) is 2.47. The minimum atomic E-state index is -0.555. The second kappa shape index (κ2) is 7.37. The molecule has 112 valence electrons. The lowest BCUT2D eigenvalue weighted by atomic mass is 10.2. The molecular formula is C15H12BrN3O3. The Bertz CT molecular complexity index is 731. The molecule has 0 unspecified atom stereocenters. The molecule has 2 rings (SSSR count). The van der Waals surface area contributed by atoms with Crippen molar-refractivity contribution in [1.82, 2.24) is 5.32 Å². The standard InChI is InChI=1S/C15H12BrN3O3/c16-12-5-3-4-11(10-12)8-9-17-15(20)18-13-6-1-2-7-14(13)19(21)22/h1-10H,(H2,17,18,20)/b9-8+. The number of para-hydroxylation sites is 2. The van der Waals surface area contributed by atoms with E-state index in [9.17, 15) is 14.9 Å². The molecule has 22 heavy (non-hydrogen) atoms. The SMILES string of the molecule is O=C(N/C=C/c1cccc(Br)c1)Nc1ccccc1[N+](=O)[O-]. The van der Waals surface area contributed by atoms with E-state index in [-0.39, 0.29) is 11.4 Å². The molecule has 0 aliphatic rings. The molecular weight excluding hydrogens is 350 g/mol. The number of rotatable bonds is 4. The third-order valence-corrected chi connectivity index (χ3v) is 3.18. The quantitative estimate of drug-likeness (QED) is 0.633. The minimum Gasteiger partial charge on any atom is -0.314 e. The van der Waals surface area contributed by atoms with Gasteiger partial charge in [0.25, 0.3) is 5.69 Å². The van der Waals surface area contributed by atoms with Gasteiger partial charge in [0.05, 0.1) is 4.92 Å². The Morgan fingerprint density at radius 3 is 2.68 bits per heavy atom. The van der Waals surface area contributed by atoms with Crippen molar-refractivity contribution in [2.75, 3.05) is 5.32 Å². The van der Waals surface area contributed by atoms with E-state index < -0.39 is 11.0 Å². The summed E-state index contributed by atoms with van der Waals surface area (Å²) in [6.45, 7) is 0. The fourth-order valence-corrected chi connectivity index (χ4v) is 2.14. The molecule has 0 radical (unpaired) electrons. The Hall–Kier alpha value is -2.67. The number of amides is 2. The Morgan fingerprint density at radius 1 is 1.18 bits per heavy atom. The number of nitro benzene ring substituents is 1. The van der Waals surface area contributed by atoms with Crippen LogP contribution in [0.15, 0.2) is 59.2 Å². The molecule has 0 fully saturated rings. The summed E-state index contributed by atoms with van der Waals surface area (Å²) in [5.74, 6) is 0. The molecule has 2 aromatic carbocycles. The van der Waals surface area contributed by atoms with Gasteiger partial charge >= 0.3 is 6.03 Å². The third-order valence-electron chi connectivity index (χ3n) is 2.69. The van der Waals surface area contributed by atoms with Gasteiger partial charge in [-0.1, -0.05) is 40.2 Å². The summed E-state index contributed by atoms with van der Waals surface area (Å²) in [4.78, 5) is 22.0. The second-order valence-electron chi connectivity index (χ2n) is 4.26. The van der Waals surface area contributed by atoms with Gasteiger partial charge in [0.1, 0.15) is 5.69 Å². The first-order valence-electron chi connectivity index (χ1n) is 6.29. The monoisotopic (exact) mass is 361 g/mol. The number of hydrogen-bond acceptors (Lipinski definition) is 3. The Balaban J connectivity index is 1.98. The normalized spacial score (nSPS) is 10.4. The number of carbonyl (C=O) groups is 1. The summed E-state index contributed by atoms with van der Waals surface area (Å²) in [5.41, 5.74) is 0.884. The molecule has 0 aliphatic heterocycles. The smallest absolute Gasteiger partial charge is 0.314 e. The Kier molecular flexibility index (Phi) is 5.26. The molecule has 2 N–H and O–H groups in total. The minimum absolute atomic E-state index is 0.140. The number of carbonyl (C=O) groups excluding carboxylic acids is 1. The maximum Gasteiger partial charge on any atom is 0.323 e. The predicted molar refractivity (Wildman–Crippen MR) is 88.4 cm³/mol. The molecule has 0 bridgehead atoms. The Morgan fingerprint density at radius 2 is 1.95 bits per heavy atom. The average molecular weight is 362 g/mol. The topological polar surface area (TPSA) is 84.3 Å². The van der Waals surface area contributed by atoms with Crippen molar-refractivity contribution in [2.45, 2.75) is 0 Å². The zero-order valence-corrected chi connectivity index (χ0v) is 12.9. The van der Waals surface area contributed by atoms with Crippen molar-refractivity contribution >= 4 is 39.4 Å². The van der Waals surface area contributed by atoms with Gasteiger partial charge in [-0.2, -0.15) is 0 Å². The summed E-state index contributed by atoms with van der Waals surface area (Å²) in [5, 5.41) is 15.8. The van der Waals surface area contributed by atoms with Gasteiger partial charge in [0, 0.05) is 16.7 Å². The van der Waals surface area contributed by atoms with Crippen LogP contribution in [0.1, 0.15) is 5.56 Å². The number of hydrogen-bond donors (Lipinski definition) is 2. The van der Waals surface area contributed by atoms with Crippen LogP contribution in [0.3, 0.4) is 0 Å². The van der Waals surface area contributed by atoms with Crippen LogP contribution in [0.4, 0.5) is 16.2 Å². The van der Waals surface area contributed by atoms with Crippen molar-refractivity contribution in [3.05, 3.63) is 74.9 Å². The molecule has 0 heterocycles. The van der Waals surface area contributed by atoms with E-state index >= 15 is 0 Å². The third kappa shape index (κ3) is 4.42. The number of nitrogens with one attached hydrogen (secondary N) is 2. The molecule has 0 spiro atoms. The largest absolute Gasteiger partial charge is 0.323 e. The molecule has 0 saturated heterocycles. The summed E-state index contributed by atoms with van der Waals surface area (Å²) in [6.07, 6.45) is 3.18. The van der Waals surface area contributed by atoms with E-state index in [2.05, 4.69) is 26.6 Å². The number of benzene rings is 2. The van der Waals surface area contributed by atoms with Crippen molar-refractivity contribution in [1.29, 1.82) is 0 Å². The van der Waals surface area contributed by atoms with E-state index in [0.717, 1.165) is 10.0 Å². The number of anilines is 1. The van der Waals surface area contributed by atoms with E-state index in [1.807, 2.05) is 24.3 Å². The number of urea groups is 1. The fraction of sp³-hybridized carbons (Fsp3) is 0. The van der Waals surface area contributed by atoms with Crippen LogP contribution < -0.4 is 10.6 Å². The Labute approximate surface area is 135 Å². The lowest BCUT2D eigenvalue weighted by molar-refractivity contribution is -0.383. The van der Waals surface area contributed by atoms with Crippen LogP contribution in [0.2, 0.25) is 0 Å². The van der Waals surface area contributed by atoms with Crippen LogP contribution in [-0.4, -0.2) is 11.0 Å². The summed E-state index contributed by atoms with van der Waals surface area (Å²) in [7, 11) is 0. The van der Waals surface area contributed by atoms with E-state index in [4.69, 9.17) is 0 Å². The highest BCUT2D eigenvalue weighted by atomic mass is 79.9. The van der Waals surface area contributed by atoms with Gasteiger partial charge in [-0.15, -0.1) is 0 Å². The molecule has 0 saturated carbocycles. The van der Waals surface area contributed by atoms with Gasteiger partial charge in [-0.25, -0.2) is 4.79 Å². The highest BCUT2D eigenvalue weighted by Crippen LogP contribution is 2.22. The van der Waals surface area contributed by atoms with Crippen molar-refractivity contribution in [2.24, 2.45) is 0 Å². The first-order chi connectivity index (χ1) is 10.6.